The van der Waals surface area contributed by atoms with E-state index < -0.39 is 0 Å². The normalized spacial score (nSPS) is 11.6. The molecule has 0 aliphatic rings. The molecule has 0 aliphatic heterocycles. The van der Waals surface area contributed by atoms with Crippen LogP contribution in [0, 0.1) is 0 Å². The molecule has 25 heavy (non-hydrogen) atoms. The summed E-state index contributed by atoms with van der Waals surface area (Å²) in [6, 6.07) is 9.41. The van der Waals surface area contributed by atoms with Gasteiger partial charge in [-0.15, -0.1) is 22.7 Å². The van der Waals surface area contributed by atoms with Gasteiger partial charge in [-0.1, -0.05) is 56.1 Å². The molecule has 3 aromatic rings. The molecule has 0 spiro atoms. The second-order valence-electron chi connectivity index (χ2n) is 6.56. The van der Waals surface area contributed by atoms with Gasteiger partial charge in [-0.05, 0) is 29.2 Å². The minimum Gasteiger partial charge on any atom is -0.298 e. The maximum Gasteiger partial charge on any atom is 0.257 e. The molecule has 130 valence electrons. The highest BCUT2D eigenvalue weighted by Crippen LogP contribution is 2.39. The van der Waals surface area contributed by atoms with Crippen molar-refractivity contribution in [1.82, 2.24) is 4.98 Å². The van der Waals surface area contributed by atoms with Gasteiger partial charge in [0.05, 0.1) is 10.0 Å². The van der Waals surface area contributed by atoms with Gasteiger partial charge < -0.3 is 0 Å². The molecule has 1 aromatic carbocycles. The number of anilines is 1. The quantitative estimate of drug-likeness (QED) is 0.519. The number of amides is 1. The number of hydrogen-bond acceptors (Lipinski definition) is 4. The highest BCUT2D eigenvalue weighted by molar-refractivity contribution is 7.20. The van der Waals surface area contributed by atoms with Gasteiger partial charge in [0.2, 0.25) is 0 Å². The van der Waals surface area contributed by atoms with E-state index in [1.54, 1.807) is 6.07 Å². The molecule has 2 heterocycles. The van der Waals surface area contributed by atoms with Crippen LogP contribution < -0.4 is 5.32 Å². The second kappa shape index (κ2) is 7.08. The SMILES string of the molecule is CC(C)(C)c1ccc(C(=O)Nc2nc(-c3cc(Cl)sc3Cl)cs2)cc1. The van der Waals surface area contributed by atoms with Crippen molar-refractivity contribution in [1.29, 1.82) is 0 Å². The Hall–Kier alpha value is -1.40. The lowest BCUT2D eigenvalue weighted by Gasteiger charge is -2.18. The van der Waals surface area contributed by atoms with Crippen molar-refractivity contribution in [2.75, 3.05) is 5.32 Å². The maximum absolute atomic E-state index is 12.4. The molecule has 0 bridgehead atoms. The summed E-state index contributed by atoms with van der Waals surface area (Å²) in [6.45, 7) is 6.42. The lowest BCUT2D eigenvalue weighted by Crippen LogP contribution is -2.14. The molecular weight excluding hydrogens is 395 g/mol. The van der Waals surface area contributed by atoms with Crippen LogP contribution in [0.5, 0.6) is 0 Å². The molecule has 0 saturated heterocycles. The van der Waals surface area contributed by atoms with Crippen molar-refractivity contribution >= 4 is 56.9 Å². The lowest BCUT2D eigenvalue weighted by atomic mass is 9.87. The third-order valence-corrected chi connectivity index (χ3v) is 5.92. The van der Waals surface area contributed by atoms with Gasteiger partial charge >= 0.3 is 0 Å². The Labute approximate surface area is 164 Å². The monoisotopic (exact) mass is 410 g/mol. The lowest BCUT2D eigenvalue weighted by molar-refractivity contribution is 0.102. The molecule has 7 heteroatoms. The summed E-state index contributed by atoms with van der Waals surface area (Å²) in [7, 11) is 0. The van der Waals surface area contributed by atoms with E-state index >= 15 is 0 Å². The number of hydrogen-bond donors (Lipinski definition) is 1. The van der Waals surface area contributed by atoms with Crippen molar-refractivity contribution in [3.05, 3.63) is 55.5 Å². The molecule has 0 saturated carbocycles. The number of benzene rings is 1. The number of thiophene rings is 1. The summed E-state index contributed by atoms with van der Waals surface area (Å²) in [6.07, 6.45) is 0. The number of nitrogens with zero attached hydrogens (tertiary/aromatic N) is 1. The Morgan fingerprint density at radius 2 is 1.84 bits per heavy atom. The molecule has 0 aliphatic carbocycles. The first kappa shape index (κ1) is 18.4. The van der Waals surface area contributed by atoms with Crippen molar-refractivity contribution in [3.8, 4) is 11.3 Å². The predicted octanol–water partition coefficient (Wildman–Crippen LogP) is 6.73. The number of carbonyl (C=O) groups is 1. The minimum absolute atomic E-state index is 0.0558. The zero-order valence-electron chi connectivity index (χ0n) is 13.9. The molecule has 1 N–H and O–H groups in total. The van der Waals surface area contributed by atoms with Crippen LogP contribution in [0.25, 0.3) is 11.3 Å². The number of thiazole rings is 1. The molecule has 3 nitrogen and oxygen atoms in total. The summed E-state index contributed by atoms with van der Waals surface area (Å²) in [5.41, 5.74) is 3.32. The second-order valence-corrected chi connectivity index (χ2v) is 9.70. The molecule has 0 atom stereocenters. The van der Waals surface area contributed by atoms with Crippen molar-refractivity contribution in [3.63, 3.8) is 0 Å². The van der Waals surface area contributed by atoms with Crippen molar-refractivity contribution in [2.45, 2.75) is 26.2 Å². The van der Waals surface area contributed by atoms with E-state index in [-0.39, 0.29) is 11.3 Å². The fraction of sp³-hybridized carbons (Fsp3) is 0.222. The predicted molar refractivity (Wildman–Crippen MR) is 109 cm³/mol. The molecule has 2 aromatic heterocycles. The van der Waals surface area contributed by atoms with Crippen LogP contribution >= 0.6 is 45.9 Å². The summed E-state index contributed by atoms with van der Waals surface area (Å²) in [5.74, 6) is -0.184. The van der Waals surface area contributed by atoms with Crippen molar-refractivity contribution in [2.24, 2.45) is 0 Å². The fourth-order valence-corrected chi connectivity index (χ4v) is 4.45. The zero-order valence-corrected chi connectivity index (χ0v) is 17.0. The van der Waals surface area contributed by atoms with E-state index in [4.69, 9.17) is 23.2 Å². The molecule has 0 unspecified atom stereocenters. The van der Waals surface area contributed by atoms with Gasteiger partial charge in [0, 0.05) is 16.5 Å². The third-order valence-electron chi connectivity index (χ3n) is 3.67. The molecule has 1 amide bonds. The largest absolute Gasteiger partial charge is 0.298 e. The average molecular weight is 411 g/mol. The van der Waals surface area contributed by atoms with Crippen molar-refractivity contribution < 1.29 is 4.79 Å². The van der Waals surface area contributed by atoms with Gasteiger partial charge in [0.1, 0.15) is 4.34 Å². The van der Waals surface area contributed by atoms with Crippen LogP contribution in [0.4, 0.5) is 5.13 Å². The first-order valence-electron chi connectivity index (χ1n) is 7.56. The molecule has 0 fully saturated rings. The maximum atomic E-state index is 12.4. The smallest absolute Gasteiger partial charge is 0.257 e. The highest BCUT2D eigenvalue weighted by Gasteiger charge is 2.16. The first-order valence-corrected chi connectivity index (χ1v) is 10.0. The van der Waals surface area contributed by atoms with E-state index in [9.17, 15) is 4.79 Å². The van der Waals surface area contributed by atoms with Gasteiger partial charge in [-0.2, -0.15) is 0 Å². The minimum atomic E-state index is -0.184. The van der Waals surface area contributed by atoms with Crippen LogP contribution in [0.3, 0.4) is 0 Å². The molecule has 0 radical (unpaired) electrons. The Morgan fingerprint density at radius 3 is 2.40 bits per heavy atom. The Morgan fingerprint density at radius 1 is 1.16 bits per heavy atom. The Kier molecular flexibility index (Phi) is 5.21. The van der Waals surface area contributed by atoms with Crippen LogP contribution in [0.15, 0.2) is 35.7 Å². The molecular formula is C18H16Cl2N2OS2. The van der Waals surface area contributed by atoms with Gasteiger partial charge in [0.25, 0.3) is 5.91 Å². The zero-order chi connectivity index (χ0) is 18.2. The average Bonchev–Trinajstić information content (AvgIpc) is 3.12. The van der Waals surface area contributed by atoms with E-state index in [1.807, 2.05) is 29.6 Å². The first-order chi connectivity index (χ1) is 11.7. The summed E-state index contributed by atoms with van der Waals surface area (Å²) < 4.78 is 1.20. The Bertz CT molecular complexity index is 908. The van der Waals surface area contributed by atoms with E-state index in [1.165, 1.54) is 28.2 Å². The summed E-state index contributed by atoms with van der Waals surface area (Å²) in [5, 5.41) is 5.20. The van der Waals surface area contributed by atoms with E-state index in [0.29, 0.717) is 25.1 Å². The van der Waals surface area contributed by atoms with E-state index in [2.05, 4.69) is 31.1 Å². The van der Waals surface area contributed by atoms with Crippen LogP contribution in [-0.4, -0.2) is 10.9 Å². The van der Waals surface area contributed by atoms with Crippen LogP contribution in [0.2, 0.25) is 8.67 Å². The number of carbonyl (C=O) groups excluding carboxylic acids is 1. The number of rotatable bonds is 3. The number of halogens is 2. The Balaban J connectivity index is 1.74. The van der Waals surface area contributed by atoms with Crippen LogP contribution in [0.1, 0.15) is 36.7 Å². The highest BCUT2D eigenvalue weighted by atomic mass is 35.5. The summed E-state index contributed by atoms with van der Waals surface area (Å²) in [4.78, 5) is 16.8. The number of nitrogens with one attached hydrogen (secondary N) is 1. The van der Waals surface area contributed by atoms with Gasteiger partial charge in [-0.25, -0.2) is 4.98 Å². The summed E-state index contributed by atoms with van der Waals surface area (Å²) >= 11 is 14.8. The molecule has 3 rings (SSSR count). The standard InChI is InChI=1S/C18H16Cl2N2OS2/c1-18(2,3)11-6-4-10(5-7-11)16(23)22-17-21-13(9-24-17)12-8-14(19)25-15(12)20/h4-9H,1-3H3,(H,21,22,23). The third kappa shape index (κ3) is 4.23. The van der Waals surface area contributed by atoms with Gasteiger partial charge in [0.15, 0.2) is 5.13 Å². The topological polar surface area (TPSA) is 42.0 Å². The van der Waals surface area contributed by atoms with Crippen LogP contribution in [-0.2, 0) is 5.41 Å². The fourth-order valence-electron chi connectivity index (χ4n) is 2.26. The number of aromatic nitrogens is 1. The van der Waals surface area contributed by atoms with Gasteiger partial charge in [-0.3, -0.25) is 10.1 Å². The van der Waals surface area contributed by atoms with E-state index in [0.717, 1.165) is 5.56 Å².